The first kappa shape index (κ1) is 22.4. The third-order valence-electron chi connectivity index (χ3n) is 4.20. The lowest BCUT2D eigenvalue weighted by atomic mass is 10.3. The maximum absolute atomic E-state index is 13.3. The van der Waals surface area contributed by atoms with Gasteiger partial charge >= 0.3 is 0 Å². The summed E-state index contributed by atoms with van der Waals surface area (Å²) in [6, 6.07) is 21.1. The van der Waals surface area contributed by atoms with Crippen molar-refractivity contribution in [1.82, 2.24) is 0 Å². The Morgan fingerprint density at radius 2 is 1.77 bits per heavy atom. The molecule has 3 aromatic rings. The van der Waals surface area contributed by atoms with E-state index in [2.05, 4.69) is 11.9 Å². The van der Waals surface area contributed by atoms with Crippen molar-refractivity contribution in [2.75, 3.05) is 22.8 Å². The van der Waals surface area contributed by atoms with E-state index in [0.717, 1.165) is 4.31 Å². The van der Waals surface area contributed by atoms with Gasteiger partial charge in [-0.3, -0.25) is 9.10 Å². The first-order chi connectivity index (χ1) is 14.9. The molecule has 0 aliphatic heterocycles. The molecule has 3 rings (SSSR count). The van der Waals surface area contributed by atoms with Crippen LogP contribution >= 0.6 is 11.6 Å². The summed E-state index contributed by atoms with van der Waals surface area (Å²) in [7, 11) is -4.00. The van der Waals surface area contributed by atoms with Gasteiger partial charge in [-0.25, -0.2) is 8.42 Å². The van der Waals surface area contributed by atoms with Crippen LogP contribution in [0.25, 0.3) is 0 Å². The number of carbonyl (C=O) groups excluding carboxylic acids is 1. The second kappa shape index (κ2) is 10.1. The summed E-state index contributed by atoms with van der Waals surface area (Å²) >= 11 is 6.07. The van der Waals surface area contributed by atoms with Gasteiger partial charge in [-0.1, -0.05) is 54.6 Å². The Hall–Kier alpha value is -3.29. The minimum atomic E-state index is -4.00. The van der Waals surface area contributed by atoms with Crippen molar-refractivity contribution in [1.29, 1.82) is 0 Å². The van der Waals surface area contributed by atoms with Crippen LogP contribution in [0.1, 0.15) is 0 Å². The molecule has 0 fully saturated rings. The molecule has 1 amide bonds. The van der Waals surface area contributed by atoms with Gasteiger partial charge in [0.15, 0.2) is 0 Å². The number of amides is 1. The fourth-order valence-corrected chi connectivity index (χ4v) is 4.43. The lowest BCUT2D eigenvalue weighted by molar-refractivity contribution is -0.114. The first-order valence-corrected chi connectivity index (χ1v) is 11.2. The van der Waals surface area contributed by atoms with Crippen molar-refractivity contribution in [2.45, 2.75) is 4.90 Å². The Labute approximate surface area is 186 Å². The van der Waals surface area contributed by atoms with Gasteiger partial charge in [-0.15, -0.1) is 0 Å². The summed E-state index contributed by atoms with van der Waals surface area (Å²) in [6.45, 7) is 3.49. The van der Waals surface area contributed by atoms with E-state index in [4.69, 9.17) is 16.3 Å². The molecule has 160 valence electrons. The number of sulfonamides is 1. The van der Waals surface area contributed by atoms with Crippen LogP contribution in [0.2, 0.25) is 5.02 Å². The summed E-state index contributed by atoms with van der Waals surface area (Å²) in [5.74, 6) is 0.0432. The maximum Gasteiger partial charge on any atom is 0.264 e. The predicted octanol–water partition coefficient (Wildman–Crippen LogP) is 4.74. The third-order valence-corrected chi connectivity index (χ3v) is 6.22. The number of rotatable bonds is 9. The molecule has 0 bridgehead atoms. The van der Waals surface area contributed by atoms with Crippen LogP contribution in [-0.4, -0.2) is 27.5 Å². The molecule has 1 N–H and O–H groups in total. The molecule has 0 heterocycles. The smallest absolute Gasteiger partial charge is 0.264 e. The average molecular weight is 457 g/mol. The topological polar surface area (TPSA) is 75.7 Å². The number of halogens is 1. The van der Waals surface area contributed by atoms with Gasteiger partial charge in [0.05, 0.1) is 10.6 Å². The molecule has 0 saturated heterocycles. The lowest BCUT2D eigenvalue weighted by Gasteiger charge is -2.24. The number of ether oxygens (including phenoxy) is 1. The molecule has 8 heteroatoms. The predicted molar refractivity (Wildman–Crippen MR) is 123 cm³/mol. The maximum atomic E-state index is 13.3. The Balaban J connectivity index is 1.87. The highest BCUT2D eigenvalue weighted by molar-refractivity contribution is 7.92. The molecule has 0 aliphatic carbocycles. The van der Waals surface area contributed by atoms with E-state index in [-0.39, 0.29) is 10.6 Å². The highest BCUT2D eigenvalue weighted by atomic mass is 35.5. The number of anilines is 2. The number of carbonyl (C=O) groups is 1. The minimum Gasteiger partial charge on any atom is -0.489 e. The highest BCUT2D eigenvalue weighted by Crippen LogP contribution is 2.26. The molecule has 0 spiro atoms. The van der Waals surface area contributed by atoms with Crippen molar-refractivity contribution in [3.05, 3.63) is 96.5 Å². The molecular weight excluding hydrogens is 436 g/mol. The van der Waals surface area contributed by atoms with E-state index in [1.165, 1.54) is 18.2 Å². The van der Waals surface area contributed by atoms with Gasteiger partial charge in [-0.2, -0.15) is 0 Å². The Kier molecular flexibility index (Phi) is 7.33. The summed E-state index contributed by atoms with van der Waals surface area (Å²) in [6.07, 6.45) is 1.61. The highest BCUT2D eigenvalue weighted by Gasteiger charge is 2.27. The largest absolute Gasteiger partial charge is 0.489 e. The fourth-order valence-electron chi connectivity index (χ4n) is 2.82. The number of benzene rings is 3. The fraction of sp³-hybridized carbons (Fsp3) is 0.0870. The second-order valence-electron chi connectivity index (χ2n) is 6.48. The van der Waals surface area contributed by atoms with E-state index in [0.29, 0.717) is 23.1 Å². The van der Waals surface area contributed by atoms with Gasteiger partial charge in [-0.05, 0) is 42.5 Å². The standard InChI is InChI=1S/C23H21ClN2O4S/c1-2-14-30-21-11-7-9-19(16-21)25-23(27)17-26(20-10-6-8-18(24)15-20)31(28,29)22-12-4-3-5-13-22/h2-13,15-16H,1,14,17H2,(H,25,27). The number of nitrogens with zero attached hydrogens (tertiary/aromatic N) is 1. The Bertz CT molecular complexity index is 1170. The zero-order valence-corrected chi connectivity index (χ0v) is 18.1. The molecule has 0 atom stereocenters. The van der Waals surface area contributed by atoms with Gasteiger partial charge < -0.3 is 10.1 Å². The number of hydrogen-bond donors (Lipinski definition) is 1. The van der Waals surface area contributed by atoms with Gasteiger partial charge in [0.25, 0.3) is 10.0 Å². The SMILES string of the molecule is C=CCOc1cccc(NC(=O)CN(c2cccc(Cl)c2)S(=O)(=O)c2ccccc2)c1. The van der Waals surface area contributed by atoms with E-state index in [1.807, 2.05) is 0 Å². The first-order valence-electron chi connectivity index (χ1n) is 9.37. The normalized spacial score (nSPS) is 10.9. The van der Waals surface area contributed by atoms with Crippen molar-refractivity contribution < 1.29 is 17.9 Å². The molecule has 6 nitrogen and oxygen atoms in total. The Morgan fingerprint density at radius 1 is 1.03 bits per heavy atom. The van der Waals surface area contributed by atoms with Crippen LogP contribution in [0.15, 0.2) is 96.4 Å². The second-order valence-corrected chi connectivity index (χ2v) is 8.78. The van der Waals surface area contributed by atoms with Crippen LogP contribution in [0, 0.1) is 0 Å². The van der Waals surface area contributed by atoms with Crippen molar-refractivity contribution in [2.24, 2.45) is 0 Å². The van der Waals surface area contributed by atoms with Crippen LogP contribution in [0.4, 0.5) is 11.4 Å². The molecule has 0 aliphatic rings. The van der Waals surface area contributed by atoms with E-state index < -0.39 is 22.5 Å². The molecule has 0 radical (unpaired) electrons. The van der Waals surface area contributed by atoms with Crippen LogP contribution in [-0.2, 0) is 14.8 Å². The van der Waals surface area contributed by atoms with Crippen LogP contribution in [0.3, 0.4) is 0 Å². The monoisotopic (exact) mass is 456 g/mol. The molecule has 3 aromatic carbocycles. The van der Waals surface area contributed by atoms with Crippen molar-refractivity contribution in [3.63, 3.8) is 0 Å². The van der Waals surface area contributed by atoms with Crippen LogP contribution in [0.5, 0.6) is 5.75 Å². The van der Waals surface area contributed by atoms with Crippen molar-refractivity contribution in [3.8, 4) is 5.75 Å². The van der Waals surface area contributed by atoms with Crippen molar-refractivity contribution >= 4 is 38.9 Å². The molecule has 0 aromatic heterocycles. The third kappa shape index (κ3) is 5.87. The zero-order valence-electron chi connectivity index (χ0n) is 16.6. The van der Waals surface area contributed by atoms with Gasteiger partial charge in [0.1, 0.15) is 18.9 Å². The average Bonchev–Trinajstić information content (AvgIpc) is 2.77. The number of hydrogen-bond acceptors (Lipinski definition) is 4. The van der Waals surface area contributed by atoms with E-state index >= 15 is 0 Å². The Morgan fingerprint density at radius 3 is 2.48 bits per heavy atom. The summed E-state index contributed by atoms with van der Waals surface area (Å²) < 4.78 is 33.0. The quantitative estimate of drug-likeness (QED) is 0.472. The van der Waals surface area contributed by atoms with E-state index in [1.54, 1.807) is 66.7 Å². The van der Waals surface area contributed by atoms with Gasteiger partial charge in [0.2, 0.25) is 5.91 Å². The van der Waals surface area contributed by atoms with Crippen LogP contribution < -0.4 is 14.4 Å². The zero-order chi connectivity index (χ0) is 22.3. The summed E-state index contributed by atoms with van der Waals surface area (Å²) in [4.78, 5) is 12.8. The molecular formula is C23H21ClN2O4S. The molecule has 0 saturated carbocycles. The minimum absolute atomic E-state index is 0.0718. The van der Waals surface area contributed by atoms with Gasteiger partial charge in [0, 0.05) is 16.8 Å². The number of nitrogens with one attached hydrogen (secondary N) is 1. The summed E-state index contributed by atoms with van der Waals surface area (Å²) in [5, 5.41) is 3.07. The lowest BCUT2D eigenvalue weighted by Crippen LogP contribution is -2.38. The molecule has 31 heavy (non-hydrogen) atoms. The van der Waals surface area contributed by atoms with E-state index in [9.17, 15) is 13.2 Å². The summed E-state index contributed by atoms with van der Waals surface area (Å²) in [5.41, 5.74) is 0.768. The molecule has 0 unspecified atom stereocenters.